The Labute approximate surface area is 99.7 Å². The van der Waals surface area contributed by atoms with Crippen molar-refractivity contribution in [3.05, 3.63) is 54.6 Å². The van der Waals surface area contributed by atoms with Gasteiger partial charge in [0.05, 0.1) is 10.8 Å². The van der Waals surface area contributed by atoms with E-state index < -0.39 is 0 Å². The third kappa shape index (κ3) is 2.76. The summed E-state index contributed by atoms with van der Waals surface area (Å²) >= 11 is 4.54. The molecule has 0 aliphatic carbocycles. The SMILES string of the molecule is S=C=Nc1ccc(Nc2ccccc2)cc1. The van der Waals surface area contributed by atoms with E-state index >= 15 is 0 Å². The van der Waals surface area contributed by atoms with Crippen LogP contribution in [0.15, 0.2) is 59.6 Å². The highest BCUT2D eigenvalue weighted by Gasteiger charge is 1.93. The van der Waals surface area contributed by atoms with Crippen LogP contribution in [0.4, 0.5) is 17.1 Å². The monoisotopic (exact) mass is 226 g/mol. The Morgan fingerprint density at radius 3 is 2.12 bits per heavy atom. The van der Waals surface area contributed by atoms with E-state index in [-0.39, 0.29) is 0 Å². The van der Waals surface area contributed by atoms with Crippen LogP contribution < -0.4 is 5.32 Å². The van der Waals surface area contributed by atoms with E-state index in [4.69, 9.17) is 0 Å². The zero-order valence-electron chi connectivity index (χ0n) is 8.55. The molecule has 0 fully saturated rings. The molecule has 0 saturated carbocycles. The Hall–Kier alpha value is -1.96. The van der Waals surface area contributed by atoms with Gasteiger partial charge in [0.2, 0.25) is 0 Å². The predicted octanol–water partition coefficient (Wildman–Crippen LogP) is 4.16. The van der Waals surface area contributed by atoms with Crippen molar-refractivity contribution in [2.24, 2.45) is 4.99 Å². The normalized spacial score (nSPS) is 9.25. The number of nitrogens with one attached hydrogen (secondary N) is 1. The maximum Gasteiger partial charge on any atom is 0.0741 e. The van der Waals surface area contributed by atoms with Crippen molar-refractivity contribution in [2.45, 2.75) is 0 Å². The molecule has 0 aliphatic rings. The Morgan fingerprint density at radius 2 is 1.50 bits per heavy atom. The Kier molecular flexibility index (Phi) is 3.44. The summed E-state index contributed by atoms with van der Waals surface area (Å²) < 4.78 is 0. The van der Waals surface area contributed by atoms with Crippen LogP contribution in [-0.2, 0) is 0 Å². The second-order valence-corrected chi connectivity index (χ2v) is 3.42. The summed E-state index contributed by atoms with van der Waals surface area (Å²) in [4.78, 5) is 3.89. The number of para-hydroxylation sites is 1. The minimum Gasteiger partial charge on any atom is -0.356 e. The topological polar surface area (TPSA) is 24.4 Å². The maximum atomic E-state index is 4.54. The van der Waals surface area contributed by atoms with E-state index in [1.807, 2.05) is 54.6 Å². The molecule has 2 aromatic rings. The largest absolute Gasteiger partial charge is 0.356 e. The summed E-state index contributed by atoms with van der Waals surface area (Å²) in [6.07, 6.45) is 0. The number of rotatable bonds is 3. The molecule has 0 aliphatic heterocycles. The zero-order valence-corrected chi connectivity index (χ0v) is 9.37. The van der Waals surface area contributed by atoms with E-state index in [0.717, 1.165) is 17.1 Å². The van der Waals surface area contributed by atoms with Crippen LogP contribution in [0.5, 0.6) is 0 Å². The summed E-state index contributed by atoms with van der Waals surface area (Å²) in [7, 11) is 0. The van der Waals surface area contributed by atoms with Crippen LogP contribution in [0, 0.1) is 0 Å². The molecule has 0 saturated heterocycles. The number of hydrogen-bond donors (Lipinski definition) is 1. The van der Waals surface area contributed by atoms with Gasteiger partial charge >= 0.3 is 0 Å². The number of benzene rings is 2. The molecule has 0 aromatic heterocycles. The lowest BCUT2D eigenvalue weighted by atomic mass is 10.2. The zero-order chi connectivity index (χ0) is 11.2. The van der Waals surface area contributed by atoms with Crippen molar-refractivity contribution in [1.29, 1.82) is 0 Å². The van der Waals surface area contributed by atoms with Gasteiger partial charge in [-0.2, -0.15) is 4.99 Å². The number of nitrogens with zero attached hydrogens (tertiary/aromatic N) is 1. The fraction of sp³-hybridized carbons (Fsp3) is 0. The molecular weight excluding hydrogens is 216 g/mol. The summed E-state index contributed by atoms with van der Waals surface area (Å²) in [6.45, 7) is 0. The average Bonchev–Trinajstić information content (AvgIpc) is 2.33. The summed E-state index contributed by atoms with van der Waals surface area (Å²) in [5.74, 6) is 0. The van der Waals surface area contributed by atoms with E-state index in [2.05, 4.69) is 27.7 Å². The fourth-order valence-corrected chi connectivity index (χ4v) is 1.47. The molecule has 0 spiro atoms. The van der Waals surface area contributed by atoms with Crippen LogP contribution in [0.2, 0.25) is 0 Å². The number of thiocarbonyl (C=S) groups is 1. The van der Waals surface area contributed by atoms with Gasteiger partial charge in [-0.3, -0.25) is 0 Å². The maximum absolute atomic E-state index is 4.54. The molecule has 0 heterocycles. The Bertz CT molecular complexity index is 499. The lowest BCUT2D eigenvalue weighted by molar-refractivity contribution is 1.51. The van der Waals surface area contributed by atoms with Crippen LogP contribution in [0.25, 0.3) is 0 Å². The minimum atomic E-state index is 0.814. The highest BCUT2D eigenvalue weighted by Crippen LogP contribution is 2.19. The standard InChI is InChI=1S/C13H10N2S/c16-10-14-11-6-8-13(9-7-11)15-12-4-2-1-3-5-12/h1-9,15H. The van der Waals surface area contributed by atoms with Gasteiger partial charge in [-0.1, -0.05) is 18.2 Å². The molecule has 2 nitrogen and oxygen atoms in total. The Balaban J connectivity index is 2.14. The smallest absolute Gasteiger partial charge is 0.0741 e. The first-order valence-corrected chi connectivity index (χ1v) is 5.29. The summed E-state index contributed by atoms with van der Waals surface area (Å²) in [5.41, 5.74) is 2.90. The number of anilines is 2. The molecule has 16 heavy (non-hydrogen) atoms. The first-order chi connectivity index (χ1) is 7.88. The van der Waals surface area contributed by atoms with Gasteiger partial charge in [0.25, 0.3) is 0 Å². The van der Waals surface area contributed by atoms with Gasteiger partial charge in [-0.15, -0.1) is 0 Å². The third-order valence-corrected chi connectivity index (χ3v) is 2.20. The van der Waals surface area contributed by atoms with Crippen LogP contribution in [0.3, 0.4) is 0 Å². The van der Waals surface area contributed by atoms with Gasteiger partial charge in [-0.25, -0.2) is 0 Å². The molecule has 0 amide bonds. The van der Waals surface area contributed by atoms with Gasteiger partial charge < -0.3 is 5.32 Å². The number of aliphatic imine (C=N–C) groups is 1. The van der Waals surface area contributed by atoms with Gasteiger partial charge in [0, 0.05) is 11.4 Å². The van der Waals surface area contributed by atoms with Gasteiger partial charge in [0.15, 0.2) is 0 Å². The minimum absolute atomic E-state index is 0.814. The highest BCUT2D eigenvalue weighted by atomic mass is 32.1. The van der Waals surface area contributed by atoms with E-state index in [1.54, 1.807) is 0 Å². The molecule has 0 radical (unpaired) electrons. The third-order valence-electron chi connectivity index (χ3n) is 2.10. The van der Waals surface area contributed by atoms with Crippen LogP contribution >= 0.6 is 12.2 Å². The highest BCUT2D eigenvalue weighted by molar-refractivity contribution is 7.78. The first-order valence-electron chi connectivity index (χ1n) is 4.88. The van der Waals surface area contributed by atoms with Crippen molar-refractivity contribution in [3.63, 3.8) is 0 Å². The molecule has 1 N–H and O–H groups in total. The predicted molar refractivity (Wildman–Crippen MR) is 70.9 cm³/mol. The molecule has 3 heteroatoms. The fourth-order valence-electron chi connectivity index (χ4n) is 1.36. The van der Waals surface area contributed by atoms with Crippen LogP contribution in [0.1, 0.15) is 0 Å². The average molecular weight is 226 g/mol. The van der Waals surface area contributed by atoms with E-state index in [1.165, 1.54) is 0 Å². The summed E-state index contributed by atoms with van der Waals surface area (Å²) in [6, 6.07) is 17.7. The molecular formula is C13H10N2S. The molecule has 0 atom stereocenters. The molecule has 0 unspecified atom stereocenters. The van der Waals surface area contributed by atoms with Gasteiger partial charge in [-0.05, 0) is 48.6 Å². The van der Waals surface area contributed by atoms with Crippen molar-refractivity contribution in [1.82, 2.24) is 0 Å². The molecule has 2 rings (SSSR count). The second-order valence-electron chi connectivity index (χ2n) is 3.24. The van der Waals surface area contributed by atoms with E-state index in [0.29, 0.717) is 0 Å². The van der Waals surface area contributed by atoms with Crippen molar-refractivity contribution >= 4 is 34.4 Å². The van der Waals surface area contributed by atoms with Gasteiger partial charge in [0.1, 0.15) is 0 Å². The quantitative estimate of drug-likeness (QED) is 0.627. The van der Waals surface area contributed by atoms with Crippen molar-refractivity contribution in [3.8, 4) is 0 Å². The Morgan fingerprint density at radius 1 is 0.875 bits per heavy atom. The van der Waals surface area contributed by atoms with Crippen molar-refractivity contribution < 1.29 is 0 Å². The first kappa shape index (κ1) is 10.6. The van der Waals surface area contributed by atoms with Crippen LogP contribution in [-0.4, -0.2) is 5.16 Å². The second kappa shape index (κ2) is 5.21. The van der Waals surface area contributed by atoms with E-state index in [9.17, 15) is 0 Å². The summed E-state index contributed by atoms with van der Waals surface area (Å²) in [5, 5.41) is 5.63. The van der Waals surface area contributed by atoms with Crippen molar-refractivity contribution in [2.75, 3.05) is 5.32 Å². The molecule has 2 aromatic carbocycles. The lowest BCUT2D eigenvalue weighted by Gasteiger charge is -2.05. The number of isothiocyanates is 1. The molecule has 0 bridgehead atoms. The number of hydrogen-bond acceptors (Lipinski definition) is 3. The lowest BCUT2D eigenvalue weighted by Crippen LogP contribution is -1.88. The molecule has 78 valence electrons.